The number of carbonyl (C=O) groups excluding carboxylic acids is 2. The van der Waals surface area contributed by atoms with E-state index in [0.29, 0.717) is 24.1 Å². The molecule has 44 heavy (non-hydrogen) atoms. The molecule has 0 saturated carbocycles. The van der Waals surface area contributed by atoms with Crippen LogP contribution < -0.4 is 0 Å². The van der Waals surface area contributed by atoms with E-state index < -0.39 is 6.10 Å². The summed E-state index contributed by atoms with van der Waals surface area (Å²) in [4.78, 5) is 25.1. The van der Waals surface area contributed by atoms with Gasteiger partial charge in [0.2, 0.25) is 0 Å². The topological polar surface area (TPSA) is 52.6 Å². The molecule has 0 aromatic carbocycles. The quantitative estimate of drug-likeness (QED) is 0.0406. The third-order valence-corrected chi connectivity index (χ3v) is 8.69. The van der Waals surface area contributed by atoms with Crippen LogP contribution in [0.2, 0.25) is 0 Å². The zero-order valence-corrected chi connectivity index (χ0v) is 30.6. The van der Waals surface area contributed by atoms with Crippen LogP contribution in [0.5, 0.6) is 0 Å². The molecule has 5 nitrogen and oxygen atoms in total. The molecule has 0 aliphatic heterocycles. The molecule has 1 unspecified atom stereocenters. The fraction of sp³-hybridized carbons (Fsp3) is 0.949. The summed E-state index contributed by atoms with van der Waals surface area (Å²) in [6.45, 7) is 5.63. The van der Waals surface area contributed by atoms with Gasteiger partial charge in [0.15, 0.2) is 6.10 Å². The van der Waals surface area contributed by atoms with E-state index in [-0.39, 0.29) is 18.4 Å². The molecular weight excluding hydrogens is 546 g/mol. The Kier molecular flexibility index (Phi) is 31.1. The highest BCUT2D eigenvalue weighted by molar-refractivity contribution is 5.72. The summed E-state index contributed by atoms with van der Waals surface area (Å²) in [7, 11) is 6.19. The first-order chi connectivity index (χ1) is 21.3. The largest absolute Gasteiger partial charge is 0.466 e. The molecule has 0 aliphatic rings. The lowest BCUT2D eigenvalue weighted by atomic mass is 10.0. The number of quaternary nitrogens is 1. The maximum absolute atomic E-state index is 12.5. The minimum atomic E-state index is -0.423. The molecule has 0 rings (SSSR count). The maximum Gasteiger partial charge on any atom is 0.309 e. The molecule has 0 heterocycles. The van der Waals surface area contributed by atoms with E-state index in [9.17, 15) is 9.59 Å². The van der Waals surface area contributed by atoms with Gasteiger partial charge in [0.05, 0.1) is 34.2 Å². The number of ether oxygens (including phenoxy) is 2. The summed E-state index contributed by atoms with van der Waals surface area (Å²) in [5.74, 6) is -0.418. The molecule has 0 fully saturated rings. The second kappa shape index (κ2) is 31.9. The second-order valence-electron chi connectivity index (χ2n) is 14.6. The van der Waals surface area contributed by atoms with E-state index in [1.165, 1.54) is 148 Å². The van der Waals surface area contributed by atoms with Crippen molar-refractivity contribution in [2.24, 2.45) is 0 Å². The number of unbranched alkanes of at least 4 members (excludes halogenated alkanes) is 25. The van der Waals surface area contributed by atoms with Crippen molar-refractivity contribution >= 4 is 11.9 Å². The Hall–Kier alpha value is -1.10. The average molecular weight is 625 g/mol. The van der Waals surface area contributed by atoms with Gasteiger partial charge in [-0.25, -0.2) is 0 Å². The van der Waals surface area contributed by atoms with Gasteiger partial charge in [-0.2, -0.15) is 0 Å². The molecule has 0 spiro atoms. The smallest absolute Gasteiger partial charge is 0.309 e. The Balaban J connectivity index is 3.85. The van der Waals surface area contributed by atoms with Crippen LogP contribution in [0.25, 0.3) is 0 Å². The van der Waals surface area contributed by atoms with Gasteiger partial charge in [-0.1, -0.05) is 174 Å². The van der Waals surface area contributed by atoms with Crippen molar-refractivity contribution in [3.05, 3.63) is 0 Å². The summed E-state index contributed by atoms with van der Waals surface area (Å²) in [6, 6.07) is 0. The van der Waals surface area contributed by atoms with Gasteiger partial charge in [-0.05, 0) is 12.8 Å². The molecule has 0 radical (unpaired) electrons. The summed E-state index contributed by atoms with van der Waals surface area (Å²) in [6.07, 6.45) is 35.3. The molecule has 0 bridgehead atoms. The van der Waals surface area contributed by atoms with Gasteiger partial charge in [0.1, 0.15) is 6.54 Å². The fourth-order valence-electron chi connectivity index (χ4n) is 6.01. The summed E-state index contributed by atoms with van der Waals surface area (Å²) in [5.41, 5.74) is 0. The first kappa shape index (κ1) is 42.9. The highest BCUT2D eigenvalue weighted by Gasteiger charge is 2.25. The molecule has 0 N–H and O–H groups in total. The van der Waals surface area contributed by atoms with Crippen LogP contribution >= 0.6 is 0 Å². The Morgan fingerprint density at radius 1 is 0.477 bits per heavy atom. The second-order valence-corrected chi connectivity index (χ2v) is 14.6. The SMILES string of the molecule is CCCCCCCCCCCCCCCCOC(=O)CC(C[N+](C)(C)C)OC(=O)CCCCCCCCCCCCCCC. The predicted octanol–water partition coefficient (Wildman–Crippen LogP) is 11.5. The molecule has 262 valence electrons. The van der Waals surface area contributed by atoms with Crippen molar-refractivity contribution < 1.29 is 23.5 Å². The Morgan fingerprint density at radius 3 is 1.18 bits per heavy atom. The van der Waals surface area contributed by atoms with Crippen molar-refractivity contribution in [3.63, 3.8) is 0 Å². The maximum atomic E-state index is 12.5. The van der Waals surface area contributed by atoms with Crippen molar-refractivity contribution in [2.75, 3.05) is 34.3 Å². The minimum Gasteiger partial charge on any atom is -0.466 e. The zero-order valence-electron chi connectivity index (χ0n) is 30.6. The number of carbonyl (C=O) groups is 2. The third-order valence-electron chi connectivity index (χ3n) is 8.69. The number of likely N-dealkylation sites (N-methyl/N-ethyl adjacent to an activating group) is 1. The molecule has 5 heteroatoms. The van der Waals surface area contributed by atoms with Crippen LogP contribution in [0.15, 0.2) is 0 Å². The third kappa shape index (κ3) is 33.8. The minimum absolute atomic E-state index is 0.151. The fourth-order valence-corrected chi connectivity index (χ4v) is 6.01. The molecule has 0 aromatic heterocycles. The Bertz CT molecular complexity index is 630. The predicted molar refractivity (Wildman–Crippen MR) is 189 cm³/mol. The number of hydrogen-bond acceptors (Lipinski definition) is 4. The van der Waals surface area contributed by atoms with E-state index in [1.54, 1.807) is 0 Å². The van der Waals surface area contributed by atoms with Gasteiger partial charge in [0.25, 0.3) is 0 Å². The lowest BCUT2D eigenvalue weighted by molar-refractivity contribution is -0.873. The van der Waals surface area contributed by atoms with Crippen LogP contribution in [0, 0.1) is 0 Å². The van der Waals surface area contributed by atoms with Gasteiger partial charge in [-0.3, -0.25) is 9.59 Å². The van der Waals surface area contributed by atoms with Gasteiger partial charge < -0.3 is 14.0 Å². The summed E-state index contributed by atoms with van der Waals surface area (Å²) >= 11 is 0. The zero-order chi connectivity index (χ0) is 32.6. The summed E-state index contributed by atoms with van der Waals surface area (Å²) in [5, 5.41) is 0. The highest BCUT2D eigenvalue weighted by Crippen LogP contribution is 2.15. The van der Waals surface area contributed by atoms with Crippen molar-refractivity contribution in [2.45, 2.75) is 206 Å². The molecule has 0 amide bonds. The van der Waals surface area contributed by atoms with Crippen molar-refractivity contribution in [1.82, 2.24) is 0 Å². The van der Waals surface area contributed by atoms with Crippen molar-refractivity contribution in [1.29, 1.82) is 0 Å². The van der Waals surface area contributed by atoms with E-state index in [2.05, 4.69) is 35.0 Å². The first-order valence-corrected chi connectivity index (χ1v) is 19.4. The van der Waals surface area contributed by atoms with E-state index in [0.717, 1.165) is 25.7 Å². The van der Waals surface area contributed by atoms with Crippen LogP contribution in [0.3, 0.4) is 0 Å². The van der Waals surface area contributed by atoms with Crippen molar-refractivity contribution in [3.8, 4) is 0 Å². The van der Waals surface area contributed by atoms with Gasteiger partial charge in [-0.15, -0.1) is 0 Å². The van der Waals surface area contributed by atoms with Crippen LogP contribution in [-0.4, -0.2) is 56.8 Å². The Labute approximate surface area is 275 Å². The van der Waals surface area contributed by atoms with Crippen LogP contribution in [0.1, 0.15) is 200 Å². The number of esters is 2. The molecule has 0 aliphatic carbocycles. The van der Waals surface area contributed by atoms with Crippen LogP contribution in [0.4, 0.5) is 0 Å². The molecule has 1 atom stereocenters. The number of rotatable bonds is 34. The Morgan fingerprint density at radius 2 is 0.818 bits per heavy atom. The number of nitrogens with zero attached hydrogens (tertiary/aromatic N) is 1. The highest BCUT2D eigenvalue weighted by atomic mass is 16.6. The van der Waals surface area contributed by atoms with E-state index in [1.807, 2.05) is 0 Å². The average Bonchev–Trinajstić information content (AvgIpc) is 2.96. The number of hydrogen-bond donors (Lipinski definition) is 0. The normalized spacial score (nSPS) is 12.4. The van der Waals surface area contributed by atoms with Gasteiger partial charge in [0, 0.05) is 6.42 Å². The molecule has 0 saturated heterocycles. The van der Waals surface area contributed by atoms with E-state index >= 15 is 0 Å². The monoisotopic (exact) mass is 625 g/mol. The standard InChI is InChI=1S/C39H78NO4/c1-6-8-10-12-14-16-18-20-22-24-26-28-30-32-34-43-39(42)35-37(36-40(3,4)5)44-38(41)33-31-29-27-25-23-21-19-17-15-13-11-9-7-2/h37H,6-36H2,1-5H3/q+1. The van der Waals surface area contributed by atoms with E-state index in [4.69, 9.17) is 9.47 Å². The lowest BCUT2D eigenvalue weighted by Crippen LogP contribution is -2.44. The first-order valence-electron chi connectivity index (χ1n) is 19.4. The molecular formula is C39H78NO4+. The van der Waals surface area contributed by atoms with Gasteiger partial charge >= 0.3 is 11.9 Å². The van der Waals surface area contributed by atoms with Crippen LogP contribution in [-0.2, 0) is 19.1 Å². The molecule has 0 aromatic rings. The lowest BCUT2D eigenvalue weighted by Gasteiger charge is -2.28. The summed E-state index contributed by atoms with van der Waals surface area (Å²) < 4.78 is 11.9.